The maximum Gasteiger partial charge on any atom is 0.470 e. The van der Waals surface area contributed by atoms with E-state index in [1.165, 1.54) is 6.92 Å². The van der Waals surface area contributed by atoms with Crippen molar-refractivity contribution in [2.75, 3.05) is 5.32 Å². The molecule has 0 aliphatic rings. The van der Waals surface area contributed by atoms with E-state index in [-0.39, 0.29) is 11.9 Å². The minimum atomic E-state index is -4.70. The predicted octanol–water partition coefficient (Wildman–Crippen LogP) is 5.30. The van der Waals surface area contributed by atoms with E-state index in [1.807, 2.05) is 0 Å². The number of rotatable bonds is 10. The van der Waals surface area contributed by atoms with Crippen molar-refractivity contribution < 1.29 is 32.3 Å². The number of carboxylic acids is 1. The van der Waals surface area contributed by atoms with Gasteiger partial charge in [0.05, 0.1) is 6.04 Å². The highest BCUT2D eigenvalue weighted by atomic mass is 19.4. The molecule has 1 heterocycles. The van der Waals surface area contributed by atoms with Crippen LogP contribution >= 0.6 is 0 Å². The van der Waals surface area contributed by atoms with Gasteiger partial charge < -0.3 is 20.2 Å². The number of hydrogen-bond acceptors (Lipinski definition) is 6. The molecule has 186 valence electrons. The molecule has 8 nitrogen and oxygen atoms in total. The summed E-state index contributed by atoms with van der Waals surface area (Å²) in [6, 6.07) is 12.4. The Labute approximate surface area is 199 Å². The van der Waals surface area contributed by atoms with Gasteiger partial charge in [0, 0.05) is 16.8 Å². The number of nitrogens with zero attached hydrogens (tertiary/aromatic N) is 2. The summed E-state index contributed by atoms with van der Waals surface area (Å²) in [4.78, 5) is 23.1. The Kier molecular flexibility index (Phi) is 8.10. The third-order valence-corrected chi connectivity index (χ3v) is 5.28. The summed E-state index contributed by atoms with van der Waals surface area (Å²) in [5.41, 5.74) is 2.37. The Bertz CT molecular complexity index is 1140. The van der Waals surface area contributed by atoms with Crippen LogP contribution in [0.2, 0.25) is 0 Å². The fourth-order valence-corrected chi connectivity index (χ4v) is 3.30. The Hall–Kier alpha value is -3.89. The van der Waals surface area contributed by atoms with Crippen molar-refractivity contribution in [2.24, 2.45) is 0 Å². The number of benzene rings is 2. The molecular weight excluding hydrogens is 465 g/mol. The molecular formula is C24H25F3N4O4. The van der Waals surface area contributed by atoms with Gasteiger partial charge in [-0.15, -0.1) is 10.2 Å². The number of unbranched alkanes of at least 4 members (excludes halogenated alkanes) is 1. The third kappa shape index (κ3) is 6.81. The van der Waals surface area contributed by atoms with Crippen molar-refractivity contribution in [3.8, 4) is 11.5 Å². The highest BCUT2D eigenvalue weighted by Gasteiger charge is 2.38. The molecule has 3 N–H and O–H groups in total. The zero-order chi connectivity index (χ0) is 25.6. The maximum absolute atomic E-state index is 12.7. The fourth-order valence-electron chi connectivity index (χ4n) is 3.30. The number of anilines is 1. The van der Waals surface area contributed by atoms with E-state index in [2.05, 4.69) is 27.8 Å². The summed E-state index contributed by atoms with van der Waals surface area (Å²) < 4.78 is 42.9. The van der Waals surface area contributed by atoms with Crippen molar-refractivity contribution in [3.63, 3.8) is 0 Å². The summed E-state index contributed by atoms with van der Waals surface area (Å²) in [6.45, 7) is 3.45. The molecule has 0 spiro atoms. The average Bonchev–Trinajstić information content (AvgIpc) is 3.33. The van der Waals surface area contributed by atoms with E-state index >= 15 is 0 Å². The van der Waals surface area contributed by atoms with Gasteiger partial charge in [0.25, 0.3) is 5.91 Å². The number of carbonyl (C=O) groups excluding carboxylic acids is 1. The molecule has 0 aliphatic heterocycles. The van der Waals surface area contributed by atoms with Crippen molar-refractivity contribution in [3.05, 3.63) is 65.5 Å². The molecule has 35 heavy (non-hydrogen) atoms. The number of halogens is 3. The van der Waals surface area contributed by atoms with Crippen molar-refractivity contribution in [1.29, 1.82) is 0 Å². The quantitative estimate of drug-likeness (QED) is 0.353. The van der Waals surface area contributed by atoms with Crippen LogP contribution in [0.15, 0.2) is 52.9 Å². The molecule has 1 unspecified atom stereocenters. The van der Waals surface area contributed by atoms with Crippen LogP contribution in [0.5, 0.6) is 0 Å². The fraction of sp³-hybridized carbons (Fsp3) is 0.333. The van der Waals surface area contributed by atoms with Crippen LogP contribution in [0.1, 0.15) is 61.0 Å². The minimum Gasteiger partial charge on any atom is -0.480 e. The Morgan fingerprint density at radius 3 is 2.26 bits per heavy atom. The minimum absolute atomic E-state index is 0.0934. The normalized spacial score (nSPS) is 13.2. The summed E-state index contributed by atoms with van der Waals surface area (Å²) in [7, 11) is 0. The van der Waals surface area contributed by atoms with E-state index in [1.54, 1.807) is 48.5 Å². The van der Waals surface area contributed by atoms with E-state index < -0.39 is 30.0 Å². The molecule has 2 atom stereocenters. The summed E-state index contributed by atoms with van der Waals surface area (Å²) in [6.07, 6.45) is -2.00. The lowest BCUT2D eigenvalue weighted by molar-refractivity contribution is -0.157. The molecule has 0 fully saturated rings. The molecule has 1 amide bonds. The molecule has 1 aromatic heterocycles. The first-order chi connectivity index (χ1) is 16.6. The van der Waals surface area contributed by atoms with Crippen LogP contribution < -0.4 is 10.6 Å². The topological polar surface area (TPSA) is 117 Å². The molecule has 0 saturated carbocycles. The number of alkyl halides is 3. The van der Waals surface area contributed by atoms with E-state index in [9.17, 15) is 22.8 Å². The average molecular weight is 490 g/mol. The SMILES string of the molecule is CCCCC(Nc1ccc(C(=O)N[C@@H](C)C(=O)O)cc1)c1ccc(-c2nnc(C(F)(F)F)o2)cc1. The van der Waals surface area contributed by atoms with Crippen molar-refractivity contribution >= 4 is 17.6 Å². The van der Waals surface area contributed by atoms with Crippen LogP contribution in [0.4, 0.5) is 18.9 Å². The standard InChI is InChI=1S/C24H25F3N4O4/c1-3-4-5-19(29-18-12-10-16(11-13-18)20(32)28-14(2)22(33)34)15-6-8-17(9-7-15)21-30-31-23(35-21)24(25,26)27/h6-14,19,29H,3-5H2,1-2H3,(H,28,32)(H,33,34)/t14-,19?/m0/s1. The van der Waals surface area contributed by atoms with Crippen LogP contribution in [-0.4, -0.2) is 33.2 Å². The molecule has 0 saturated heterocycles. The van der Waals surface area contributed by atoms with Crippen LogP contribution in [-0.2, 0) is 11.0 Å². The van der Waals surface area contributed by atoms with Gasteiger partial charge in [0.15, 0.2) is 0 Å². The lowest BCUT2D eigenvalue weighted by Crippen LogP contribution is -2.38. The predicted molar refractivity (Wildman–Crippen MR) is 122 cm³/mol. The summed E-state index contributed by atoms with van der Waals surface area (Å²) in [5.74, 6) is -3.22. The van der Waals surface area contributed by atoms with Crippen LogP contribution in [0, 0.1) is 0 Å². The number of carbonyl (C=O) groups is 2. The largest absolute Gasteiger partial charge is 0.480 e. The summed E-state index contributed by atoms with van der Waals surface area (Å²) in [5, 5.41) is 21.3. The Morgan fingerprint density at radius 1 is 1.06 bits per heavy atom. The number of amides is 1. The number of carboxylic acid groups (broad SMARTS) is 1. The number of aliphatic carboxylic acids is 1. The monoisotopic (exact) mass is 490 g/mol. The Balaban J connectivity index is 1.73. The highest BCUT2D eigenvalue weighted by Crippen LogP contribution is 2.31. The maximum atomic E-state index is 12.7. The van der Waals surface area contributed by atoms with Crippen LogP contribution in [0.3, 0.4) is 0 Å². The second-order valence-corrected chi connectivity index (χ2v) is 7.98. The first-order valence-corrected chi connectivity index (χ1v) is 11.0. The molecule has 3 rings (SSSR count). The molecule has 3 aromatic rings. The van der Waals surface area contributed by atoms with E-state index in [0.717, 1.165) is 30.5 Å². The first-order valence-electron chi connectivity index (χ1n) is 11.0. The number of nitrogens with one attached hydrogen (secondary N) is 2. The summed E-state index contributed by atoms with van der Waals surface area (Å²) >= 11 is 0. The van der Waals surface area contributed by atoms with Gasteiger partial charge in [0.2, 0.25) is 5.89 Å². The van der Waals surface area contributed by atoms with Gasteiger partial charge in [-0.25, -0.2) is 0 Å². The van der Waals surface area contributed by atoms with Crippen molar-refractivity contribution in [1.82, 2.24) is 15.5 Å². The van der Waals surface area contributed by atoms with Gasteiger partial charge in [-0.2, -0.15) is 13.2 Å². The molecule has 0 aliphatic carbocycles. The number of aromatic nitrogens is 2. The second kappa shape index (κ2) is 11.0. The highest BCUT2D eigenvalue weighted by molar-refractivity contribution is 5.96. The zero-order valence-corrected chi connectivity index (χ0v) is 19.1. The van der Waals surface area contributed by atoms with E-state index in [4.69, 9.17) is 9.52 Å². The molecule has 2 aromatic carbocycles. The zero-order valence-electron chi connectivity index (χ0n) is 19.1. The van der Waals surface area contributed by atoms with Crippen molar-refractivity contribution in [2.45, 2.75) is 51.4 Å². The Morgan fingerprint density at radius 2 is 1.71 bits per heavy atom. The lowest BCUT2D eigenvalue weighted by Gasteiger charge is -2.21. The lowest BCUT2D eigenvalue weighted by atomic mass is 9.99. The molecule has 0 radical (unpaired) electrons. The van der Waals surface area contributed by atoms with E-state index in [0.29, 0.717) is 11.1 Å². The van der Waals surface area contributed by atoms with Gasteiger partial charge in [-0.1, -0.05) is 31.9 Å². The molecule has 0 bridgehead atoms. The number of hydrogen-bond donors (Lipinski definition) is 3. The second-order valence-electron chi connectivity index (χ2n) is 7.98. The van der Waals surface area contributed by atoms with Gasteiger partial charge in [0.1, 0.15) is 6.04 Å². The van der Waals surface area contributed by atoms with Gasteiger partial charge in [-0.3, -0.25) is 9.59 Å². The first kappa shape index (κ1) is 25.7. The van der Waals surface area contributed by atoms with Crippen LogP contribution in [0.25, 0.3) is 11.5 Å². The molecule has 11 heteroatoms. The third-order valence-electron chi connectivity index (χ3n) is 5.28. The van der Waals surface area contributed by atoms with Gasteiger partial charge >= 0.3 is 18.0 Å². The smallest absolute Gasteiger partial charge is 0.470 e. The van der Waals surface area contributed by atoms with Gasteiger partial charge in [-0.05, 0) is 55.3 Å².